The normalized spacial score (nSPS) is 11.0. The average molecular weight is 362 g/mol. The fraction of sp³-hybridized carbons (Fsp3) is 0.462. The van der Waals surface area contributed by atoms with Gasteiger partial charge >= 0.3 is 0 Å². The summed E-state index contributed by atoms with van der Waals surface area (Å²) in [6.07, 6.45) is 0. The van der Waals surface area contributed by atoms with Gasteiger partial charge in [-0.1, -0.05) is 30.3 Å². The van der Waals surface area contributed by atoms with Crippen LogP contribution in [0.2, 0.25) is 0 Å². The van der Waals surface area contributed by atoms with Crippen LogP contribution >= 0.6 is 24.0 Å². The number of guanidine groups is 1. The third-order valence-corrected chi connectivity index (χ3v) is 2.54. The highest BCUT2D eigenvalue weighted by Gasteiger charge is 2.00. The summed E-state index contributed by atoms with van der Waals surface area (Å²) >= 11 is 0. The molecule has 0 fully saturated rings. The maximum Gasteiger partial charge on any atom is 0.190 e. The Labute approximate surface area is 127 Å². The molecular weight excluding hydrogens is 339 g/mol. The van der Waals surface area contributed by atoms with E-state index < -0.39 is 0 Å². The van der Waals surface area contributed by atoms with Gasteiger partial charge in [-0.15, -0.1) is 24.0 Å². The van der Waals surface area contributed by atoms with E-state index in [2.05, 4.69) is 51.8 Å². The van der Waals surface area contributed by atoms with Crippen molar-refractivity contribution < 1.29 is 0 Å². The third kappa shape index (κ3) is 6.80. The molecule has 0 atom stereocenters. The molecule has 0 amide bonds. The summed E-state index contributed by atoms with van der Waals surface area (Å²) in [6, 6.07) is 10.5. The molecule has 0 unspecified atom stereocenters. The van der Waals surface area contributed by atoms with Gasteiger partial charge in [-0.2, -0.15) is 0 Å². The molecular formula is C13H23IN4. The summed E-state index contributed by atoms with van der Waals surface area (Å²) < 4.78 is 0. The summed E-state index contributed by atoms with van der Waals surface area (Å²) in [5.74, 6) is 0.832. The van der Waals surface area contributed by atoms with E-state index in [4.69, 9.17) is 0 Å². The van der Waals surface area contributed by atoms with Gasteiger partial charge in [0.1, 0.15) is 0 Å². The van der Waals surface area contributed by atoms with Crippen molar-refractivity contribution in [2.45, 2.75) is 6.54 Å². The lowest BCUT2D eigenvalue weighted by molar-refractivity contribution is 0.331. The molecule has 5 heteroatoms. The number of hydrogen-bond acceptors (Lipinski definition) is 2. The van der Waals surface area contributed by atoms with E-state index in [0.717, 1.165) is 25.6 Å². The second-order valence-corrected chi connectivity index (χ2v) is 3.97. The molecule has 0 radical (unpaired) electrons. The van der Waals surface area contributed by atoms with E-state index in [1.165, 1.54) is 5.56 Å². The molecule has 0 aliphatic rings. The maximum absolute atomic E-state index is 4.06. The van der Waals surface area contributed by atoms with Crippen LogP contribution in [-0.4, -0.2) is 45.1 Å². The van der Waals surface area contributed by atoms with Crippen LogP contribution in [0.25, 0.3) is 0 Å². The lowest BCUT2D eigenvalue weighted by Crippen LogP contribution is -2.39. The highest BCUT2D eigenvalue weighted by atomic mass is 127. The van der Waals surface area contributed by atoms with E-state index in [0.29, 0.717) is 0 Å². The summed E-state index contributed by atoms with van der Waals surface area (Å²) in [5.41, 5.74) is 1.34. The Hall–Kier alpha value is -0.820. The predicted molar refractivity (Wildman–Crippen MR) is 88.6 cm³/mol. The van der Waals surface area contributed by atoms with Gasteiger partial charge in [-0.3, -0.25) is 4.99 Å². The summed E-state index contributed by atoms with van der Waals surface area (Å²) in [6.45, 7) is 2.84. The predicted octanol–water partition coefficient (Wildman–Crippen LogP) is 1.53. The molecule has 0 saturated heterocycles. The number of aliphatic imine (C=N–C) groups is 1. The first kappa shape index (κ1) is 17.2. The van der Waals surface area contributed by atoms with Crippen LogP contribution in [0, 0.1) is 0 Å². The number of nitrogens with one attached hydrogen (secondary N) is 2. The van der Waals surface area contributed by atoms with Crippen LogP contribution in [0.15, 0.2) is 35.3 Å². The highest BCUT2D eigenvalue weighted by Crippen LogP contribution is 2.01. The molecule has 2 N–H and O–H groups in total. The lowest BCUT2D eigenvalue weighted by atomic mass is 10.2. The van der Waals surface area contributed by atoms with Crippen molar-refractivity contribution in [3.05, 3.63) is 35.9 Å². The van der Waals surface area contributed by atoms with E-state index in [-0.39, 0.29) is 24.0 Å². The van der Waals surface area contributed by atoms with Gasteiger partial charge in [0, 0.05) is 33.7 Å². The topological polar surface area (TPSA) is 39.7 Å². The number of rotatable bonds is 5. The minimum atomic E-state index is 0. The van der Waals surface area contributed by atoms with Gasteiger partial charge in [-0.25, -0.2) is 0 Å². The Balaban J connectivity index is 0.00000289. The number of halogens is 1. The Morgan fingerprint density at radius 2 is 1.94 bits per heavy atom. The van der Waals surface area contributed by atoms with Gasteiger partial charge in [0.15, 0.2) is 5.96 Å². The number of hydrogen-bond donors (Lipinski definition) is 2. The van der Waals surface area contributed by atoms with Crippen LogP contribution in [0.3, 0.4) is 0 Å². The number of nitrogens with zero attached hydrogens (tertiary/aromatic N) is 2. The van der Waals surface area contributed by atoms with Crippen molar-refractivity contribution in [1.29, 1.82) is 0 Å². The minimum Gasteiger partial charge on any atom is -0.359 e. The summed E-state index contributed by atoms with van der Waals surface area (Å²) in [5, 5.41) is 6.23. The molecule has 0 aliphatic heterocycles. The van der Waals surface area contributed by atoms with Gasteiger partial charge < -0.3 is 15.5 Å². The fourth-order valence-electron chi connectivity index (χ4n) is 1.62. The fourth-order valence-corrected chi connectivity index (χ4v) is 1.62. The molecule has 0 heterocycles. The van der Waals surface area contributed by atoms with Gasteiger partial charge in [0.05, 0.1) is 0 Å². The monoisotopic (exact) mass is 362 g/mol. The zero-order chi connectivity index (χ0) is 12.5. The molecule has 4 nitrogen and oxygen atoms in total. The quantitative estimate of drug-likeness (QED) is 0.474. The van der Waals surface area contributed by atoms with E-state index >= 15 is 0 Å². The first-order valence-electron chi connectivity index (χ1n) is 5.87. The number of benzene rings is 1. The van der Waals surface area contributed by atoms with Crippen LogP contribution in [0.1, 0.15) is 5.56 Å². The Bertz CT molecular complexity index is 340. The largest absolute Gasteiger partial charge is 0.359 e. The molecule has 0 saturated carbocycles. The molecule has 0 aromatic heterocycles. The van der Waals surface area contributed by atoms with Gasteiger partial charge in [0.25, 0.3) is 0 Å². The lowest BCUT2D eigenvalue weighted by Gasteiger charge is -2.17. The summed E-state index contributed by atoms with van der Waals surface area (Å²) in [7, 11) is 5.76. The van der Waals surface area contributed by atoms with E-state index in [1.807, 2.05) is 13.1 Å². The second-order valence-electron chi connectivity index (χ2n) is 3.97. The van der Waals surface area contributed by atoms with Gasteiger partial charge in [0.2, 0.25) is 0 Å². The second kappa shape index (κ2) is 10.1. The standard InChI is InChI=1S/C13H22N4.HI/c1-14-13(15-2)16-9-10-17(3)11-12-7-5-4-6-8-12;/h4-8H,9-11H2,1-3H3,(H2,14,15,16);1H. The maximum atomic E-state index is 4.06. The van der Waals surface area contributed by atoms with E-state index in [1.54, 1.807) is 7.05 Å². The van der Waals surface area contributed by atoms with Crippen LogP contribution in [0.5, 0.6) is 0 Å². The van der Waals surface area contributed by atoms with Gasteiger partial charge in [-0.05, 0) is 12.6 Å². The van der Waals surface area contributed by atoms with Crippen molar-refractivity contribution in [3.8, 4) is 0 Å². The molecule has 102 valence electrons. The molecule has 0 aliphatic carbocycles. The molecule has 1 aromatic carbocycles. The summed E-state index contributed by atoms with van der Waals surface area (Å²) in [4.78, 5) is 6.35. The zero-order valence-electron chi connectivity index (χ0n) is 11.3. The molecule has 18 heavy (non-hydrogen) atoms. The van der Waals surface area contributed by atoms with Crippen LogP contribution in [0.4, 0.5) is 0 Å². The highest BCUT2D eigenvalue weighted by molar-refractivity contribution is 14.0. The Morgan fingerprint density at radius 3 is 2.50 bits per heavy atom. The van der Waals surface area contributed by atoms with Crippen molar-refractivity contribution in [2.75, 3.05) is 34.2 Å². The van der Waals surface area contributed by atoms with Crippen LogP contribution < -0.4 is 10.6 Å². The SMILES string of the molecule is CN=C(NC)NCCN(C)Cc1ccccc1.I. The van der Waals surface area contributed by atoms with Crippen molar-refractivity contribution >= 4 is 29.9 Å². The van der Waals surface area contributed by atoms with Crippen molar-refractivity contribution in [3.63, 3.8) is 0 Å². The number of likely N-dealkylation sites (N-methyl/N-ethyl adjacent to an activating group) is 1. The average Bonchev–Trinajstić information content (AvgIpc) is 2.36. The zero-order valence-corrected chi connectivity index (χ0v) is 13.6. The Kier molecular flexibility index (Phi) is 9.67. The molecule has 0 bridgehead atoms. The van der Waals surface area contributed by atoms with Crippen molar-refractivity contribution in [2.24, 2.45) is 4.99 Å². The third-order valence-electron chi connectivity index (χ3n) is 2.54. The van der Waals surface area contributed by atoms with E-state index in [9.17, 15) is 0 Å². The van der Waals surface area contributed by atoms with Crippen molar-refractivity contribution in [1.82, 2.24) is 15.5 Å². The van der Waals surface area contributed by atoms with Crippen LogP contribution in [-0.2, 0) is 6.54 Å². The molecule has 1 aromatic rings. The molecule has 0 spiro atoms. The Morgan fingerprint density at radius 1 is 1.28 bits per heavy atom. The minimum absolute atomic E-state index is 0. The smallest absolute Gasteiger partial charge is 0.190 e. The first-order chi connectivity index (χ1) is 8.26. The first-order valence-corrected chi connectivity index (χ1v) is 5.87. The molecule has 1 rings (SSSR count).